The van der Waals surface area contributed by atoms with Crippen molar-refractivity contribution in [2.75, 3.05) is 33.3 Å². The Morgan fingerprint density at radius 1 is 1.30 bits per heavy atom. The maximum atomic E-state index is 11.6. The third-order valence-corrected chi connectivity index (χ3v) is 3.55. The minimum absolute atomic E-state index is 0.116. The molecule has 0 unspecified atom stereocenters. The number of hydrogen-bond acceptors (Lipinski definition) is 5. The Labute approximate surface area is 118 Å². The number of carbonyl (C=O) groups is 2. The molecule has 1 aromatic rings. The summed E-state index contributed by atoms with van der Waals surface area (Å²) in [6, 6.07) is 1.79. The van der Waals surface area contributed by atoms with E-state index in [1.807, 2.05) is 4.90 Å². The van der Waals surface area contributed by atoms with Crippen molar-refractivity contribution in [1.29, 1.82) is 0 Å². The molecule has 1 amide bonds. The minimum Gasteiger partial charge on any atom is -0.463 e. The van der Waals surface area contributed by atoms with Crippen molar-refractivity contribution >= 4 is 11.9 Å². The molecular weight excluding hydrogens is 260 g/mol. The van der Waals surface area contributed by atoms with Gasteiger partial charge in [0.2, 0.25) is 11.7 Å². The molecule has 0 radical (unpaired) electrons. The monoisotopic (exact) mass is 280 g/mol. The number of ether oxygens (including phenoxy) is 1. The molecule has 6 nitrogen and oxygen atoms in total. The molecule has 6 heteroatoms. The molecule has 0 aliphatic carbocycles. The van der Waals surface area contributed by atoms with Gasteiger partial charge in [0.1, 0.15) is 0 Å². The van der Waals surface area contributed by atoms with E-state index in [1.54, 1.807) is 13.0 Å². The van der Waals surface area contributed by atoms with Gasteiger partial charge in [0.05, 0.1) is 13.4 Å². The number of esters is 1. The topological polar surface area (TPSA) is 63.0 Å². The molecule has 1 fully saturated rings. The van der Waals surface area contributed by atoms with E-state index in [9.17, 15) is 9.59 Å². The normalized spacial score (nSPS) is 16.8. The van der Waals surface area contributed by atoms with E-state index in [1.165, 1.54) is 13.4 Å². The van der Waals surface area contributed by atoms with Gasteiger partial charge in [-0.15, -0.1) is 0 Å². The van der Waals surface area contributed by atoms with Gasteiger partial charge in [-0.25, -0.2) is 4.79 Å². The molecule has 2 heterocycles. The van der Waals surface area contributed by atoms with Crippen molar-refractivity contribution in [3.8, 4) is 0 Å². The van der Waals surface area contributed by atoms with E-state index in [-0.39, 0.29) is 11.7 Å². The fraction of sp³-hybridized carbons (Fsp3) is 0.571. The van der Waals surface area contributed by atoms with Crippen LogP contribution in [0, 0.1) is 0 Å². The molecule has 1 saturated heterocycles. The summed E-state index contributed by atoms with van der Waals surface area (Å²) in [5.74, 6) is -0.0734. The summed E-state index contributed by atoms with van der Waals surface area (Å²) in [4.78, 5) is 27.0. The number of rotatable bonds is 3. The minimum atomic E-state index is -0.454. The fourth-order valence-electron chi connectivity index (χ4n) is 2.42. The maximum Gasteiger partial charge on any atom is 0.374 e. The Balaban J connectivity index is 1.98. The quantitative estimate of drug-likeness (QED) is 0.776. The van der Waals surface area contributed by atoms with Crippen LogP contribution in [0.4, 0.5) is 0 Å². The van der Waals surface area contributed by atoms with Gasteiger partial charge >= 0.3 is 5.97 Å². The highest BCUT2D eigenvalue weighted by Crippen LogP contribution is 2.16. The number of furan rings is 1. The van der Waals surface area contributed by atoms with Gasteiger partial charge in [0.15, 0.2) is 0 Å². The lowest BCUT2D eigenvalue weighted by Crippen LogP contribution is -2.33. The second-order valence-corrected chi connectivity index (χ2v) is 4.90. The van der Waals surface area contributed by atoms with Crippen molar-refractivity contribution in [1.82, 2.24) is 9.80 Å². The molecule has 0 spiro atoms. The lowest BCUT2D eigenvalue weighted by molar-refractivity contribution is -0.128. The highest BCUT2D eigenvalue weighted by Gasteiger charge is 2.21. The Bertz CT molecular complexity index is 483. The Morgan fingerprint density at radius 2 is 2.10 bits per heavy atom. The summed E-state index contributed by atoms with van der Waals surface area (Å²) in [5.41, 5.74) is 0.827. The largest absolute Gasteiger partial charge is 0.463 e. The smallest absolute Gasteiger partial charge is 0.374 e. The third-order valence-electron chi connectivity index (χ3n) is 3.55. The number of nitrogens with zero attached hydrogens (tertiary/aromatic N) is 2. The van der Waals surface area contributed by atoms with Crippen LogP contribution in [0.3, 0.4) is 0 Å². The van der Waals surface area contributed by atoms with Gasteiger partial charge in [0.25, 0.3) is 0 Å². The first-order valence-corrected chi connectivity index (χ1v) is 6.74. The molecule has 0 aromatic carbocycles. The predicted octanol–water partition coefficient (Wildman–Crippen LogP) is 1.12. The predicted molar refractivity (Wildman–Crippen MR) is 72.2 cm³/mol. The molecule has 0 saturated carbocycles. The Kier molecular flexibility index (Phi) is 4.79. The maximum absolute atomic E-state index is 11.6. The SMILES string of the molecule is COC(=O)c1occc1CN1CCCN(C(C)=O)CC1. The van der Waals surface area contributed by atoms with E-state index in [0.29, 0.717) is 6.54 Å². The second kappa shape index (κ2) is 6.56. The number of hydrogen-bond donors (Lipinski definition) is 0. The van der Waals surface area contributed by atoms with Crippen LogP contribution in [0.25, 0.3) is 0 Å². The summed E-state index contributed by atoms with van der Waals surface area (Å²) >= 11 is 0. The number of amides is 1. The van der Waals surface area contributed by atoms with E-state index in [2.05, 4.69) is 4.90 Å². The molecular formula is C14H20N2O4. The summed E-state index contributed by atoms with van der Waals surface area (Å²) in [7, 11) is 1.34. The van der Waals surface area contributed by atoms with Gasteiger partial charge in [-0.1, -0.05) is 0 Å². The van der Waals surface area contributed by atoms with Crippen molar-refractivity contribution < 1.29 is 18.7 Å². The van der Waals surface area contributed by atoms with E-state index >= 15 is 0 Å². The van der Waals surface area contributed by atoms with Gasteiger partial charge in [0, 0.05) is 45.2 Å². The zero-order chi connectivity index (χ0) is 14.5. The van der Waals surface area contributed by atoms with Crippen molar-refractivity contribution in [3.05, 3.63) is 23.7 Å². The van der Waals surface area contributed by atoms with Gasteiger partial charge in [-0.2, -0.15) is 0 Å². The van der Waals surface area contributed by atoms with Gasteiger partial charge in [-0.05, 0) is 12.5 Å². The third kappa shape index (κ3) is 3.39. The zero-order valence-electron chi connectivity index (χ0n) is 11.9. The standard InChI is InChI=1S/C14H20N2O4/c1-11(17)16-6-3-5-15(7-8-16)10-12-4-9-20-13(12)14(18)19-2/h4,9H,3,5-8,10H2,1-2H3. The second-order valence-electron chi connectivity index (χ2n) is 4.90. The Morgan fingerprint density at radius 3 is 2.80 bits per heavy atom. The molecule has 0 atom stereocenters. The highest BCUT2D eigenvalue weighted by molar-refractivity contribution is 5.87. The molecule has 1 aliphatic rings. The van der Waals surface area contributed by atoms with Crippen LogP contribution in [-0.2, 0) is 16.1 Å². The number of carbonyl (C=O) groups excluding carboxylic acids is 2. The summed E-state index contributed by atoms with van der Waals surface area (Å²) in [6.45, 7) is 5.44. The van der Waals surface area contributed by atoms with Crippen molar-refractivity contribution in [2.45, 2.75) is 19.9 Å². The van der Waals surface area contributed by atoms with E-state index in [4.69, 9.17) is 9.15 Å². The van der Waals surface area contributed by atoms with E-state index < -0.39 is 5.97 Å². The van der Waals surface area contributed by atoms with Crippen LogP contribution in [0.2, 0.25) is 0 Å². The molecule has 1 aliphatic heterocycles. The van der Waals surface area contributed by atoms with Crippen molar-refractivity contribution in [2.24, 2.45) is 0 Å². The lowest BCUT2D eigenvalue weighted by Gasteiger charge is -2.20. The van der Waals surface area contributed by atoms with Crippen LogP contribution < -0.4 is 0 Å². The highest BCUT2D eigenvalue weighted by atomic mass is 16.5. The summed E-state index contributed by atoms with van der Waals surface area (Å²) < 4.78 is 9.88. The first-order chi connectivity index (χ1) is 9.61. The first kappa shape index (κ1) is 14.6. The first-order valence-electron chi connectivity index (χ1n) is 6.74. The van der Waals surface area contributed by atoms with Crippen molar-refractivity contribution in [3.63, 3.8) is 0 Å². The zero-order valence-corrected chi connectivity index (χ0v) is 11.9. The molecule has 2 rings (SSSR count). The van der Waals surface area contributed by atoms with E-state index in [0.717, 1.165) is 38.2 Å². The van der Waals surface area contributed by atoms with Crippen LogP contribution in [0.1, 0.15) is 29.5 Å². The lowest BCUT2D eigenvalue weighted by atomic mass is 10.2. The van der Waals surface area contributed by atoms with Gasteiger partial charge < -0.3 is 14.1 Å². The molecule has 0 bridgehead atoms. The van der Waals surface area contributed by atoms with Gasteiger partial charge in [-0.3, -0.25) is 9.69 Å². The average Bonchev–Trinajstić information content (AvgIpc) is 2.75. The van der Waals surface area contributed by atoms with Crippen LogP contribution in [0.15, 0.2) is 16.7 Å². The number of methoxy groups -OCH3 is 1. The molecule has 1 aromatic heterocycles. The van der Waals surface area contributed by atoms with Crippen LogP contribution in [-0.4, -0.2) is 55.0 Å². The molecule has 110 valence electrons. The molecule has 0 N–H and O–H groups in total. The summed E-state index contributed by atoms with van der Waals surface area (Å²) in [5, 5.41) is 0. The molecule has 20 heavy (non-hydrogen) atoms. The Hall–Kier alpha value is -1.82. The average molecular weight is 280 g/mol. The van der Waals surface area contributed by atoms with Crippen LogP contribution >= 0.6 is 0 Å². The summed E-state index contributed by atoms with van der Waals surface area (Å²) in [6.07, 6.45) is 2.44. The van der Waals surface area contributed by atoms with Crippen LogP contribution in [0.5, 0.6) is 0 Å². The fourth-order valence-corrected chi connectivity index (χ4v) is 2.42.